The van der Waals surface area contributed by atoms with Gasteiger partial charge in [-0.2, -0.15) is 0 Å². The van der Waals surface area contributed by atoms with E-state index in [1.165, 1.54) is 36.9 Å². The van der Waals surface area contributed by atoms with Crippen LogP contribution in [0.25, 0.3) is 0 Å². The molecular weight excluding hydrogens is 282 g/mol. The predicted octanol–water partition coefficient (Wildman–Crippen LogP) is 3.94. The summed E-state index contributed by atoms with van der Waals surface area (Å²) in [6.07, 6.45) is 9.14. The van der Waals surface area contributed by atoms with E-state index in [0.717, 1.165) is 31.1 Å². The van der Waals surface area contributed by atoms with Gasteiger partial charge in [0.2, 0.25) is 0 Å². The Morgan fingerprint density at radius 1 is 0.957 bits per heavy atom. The zero-order valence-electron chi connectivity index (χ0n) is 13.6. The molecule has 120 valence electrons. The third-order valence-electron chi connectivity index (χ3n) is 5.47. The van der Waals surface area contributed by atoms with Crippen molar-refractivity contribution in [2.45, 2.75) is 44.3 Å². The van der Waals surface area contributed by atoms with E-state index >= 15 is 0 Å². The molecule has 1 aromatic carbocycles. The lowest BCUT2D eigenvalue weighted by Crippen LogP contribution is -2.43. The fraction of sp³-hybridized carbons (Fsp3) is 0.450. The molecule has 3 nitrogen and oxygen atoms in total. The largest absolute Gasteiger partial charge is 0.385 e. The van der Waals surface area contributed by atoms with Crippen LogP contribution in [0.15, 0.2) is 54.9 Å². The smallest absolute Gasteiger partial charge is 0.0371 e. The van der Waals surface area contributed by atoms with Gasteiger partial charge in [-0.3, -0.25) is 9.88 Å². The molecule has 1 unspecified atom stereocenters. The molecule has 4 rings (SSSR count). The summed E-state index contributed by atoms with van der Waals surface area (Å²) in [7, 11) is 0. The number of nitrogens with zero attached hydrogens (tertiary/aromatic N) is 2. The van der Waals surface area contributed by atoms with Crippen molar-refractivity contribution in [3.8, 4) is 0 Å². The summed E-state index contributed by atoms with van der Waals surface area (Å²) in [6.45, 7) is 2.22. The average molecular weight is 307 g/mol. The van der Waals surface area contributed by atoms with Crippen molar-refractivity contribution in [2.24, 2.45) is 5.92 Å². The first kappa shape index (κ1) is 14.7. The Bertz CT molecular complexity index is 599. The quantitative estimate of drug-likeness (QED) is 0.907. The van der Waals surface area contributed by atoms with Crippen molar-refractivity contribution in [3.63, 3.8) is 0 Å². The lowest BCUT2D eigenvalue weighted by molar-refractivity contribution is 0.100. The zero-order chi connectivity index (χ0) is 15.5. The second-order valence-electron chi connectivity index (χ2n) is 7.00. The van der Waals surface area contributed by atoms with Crippen molar-refractivity contribution in [2.75, 3.05) is 11.9 Å². The second kappa shape index (κ2) is 6.71. The summed E-state index contributed by atoms with van der Waals surface area (Å²) in [4.78, 5) is 6.84. The van der Waals surface area contributed by atoms with Gasteiger partial charge in [0, 0.05) is 43.3 Å². The number of nitrogens with one attached hydrogen (secondary N) is 1. The molecular formula is C20H25N3. The van der Waals surface area contributed by atoms with Gasteiger partial charge in [0.1, 0.15) is 0 Å². The maximum Gasteiger partial charge on any atom is 0.0371 e. The van der Waals surface area contributed by atoms with Crippen LogP contribution in [-0.2, 0) is 6.54 Å². The van der Waals surface area contributed by atoms with Crippen LogP contribution in [0.2, 0.25) is 0 Å². The molecule has 23 heavy (non-hydrogen) atoms. The summed E-state index contributed by atoms with van der Waals surface area (Å²) in [5.74, 6) is 0.799. The number of aromatic nitrogens is 1. The molecule has 0 radical (unpaired) electrons. The Kier molecular flexibility index (Phi) is 4.29. The number of pyridine rings is 1. The van der Waals surface area contributed by atoms with Crippen LogP contribution >= 0.6 is 0 Å². The summed E-state index contributed by atoms with van der Waals surface area (Å²) in [5, 5.41) is 3.59. The van der Waals surface area contributed by atoms with Crippen molar-refractivity contribution < 1.29 is 0 Å². The molecule has 1 aromatic heterocycles. The van der Waals surface area contributed by atoms with Crippen LogP contribution in [0, 0.1) is 5.92 Å². The van der Waals surface area contributed by atoms with Crippen LogP contribution in [0.4, 0.5) is 5.69 Å². The van der Waals surface area contributed by atoms with Crippen molar-refractivity contribution in [1.82, 2.24) is 9.88 Å². The van der Waals surface area contributed by atoms with Gasteiger partial charge in [0.25, 0.3) is 0 Å². The SMILES string of the molecule is c1ccc(CN2[C@@H]3CC[C@H]2CC(CNc2ccncc2)C3)cc1. The summed E-state index contributed by atoms with van der Waals surface area (Å²) in [6, 6.07) is 16.6. The monoisotopic (exact) mass is 307 g/mol. The highest BCUT2D eigenvalue weighted by Gasteiger charge is 2.40. The first-order chi connectivity index (χ1) is 11.4. The summed E-state index contributed by atoms with van der Waals surface area (Å²) in [5.41, 5.74) is 2.65. The van der Waals surface area contributed by atoms with E-state index in [1.54, 1.807) is 0 Å². The lowest BCUT2D eigenvalue weighted by atomic mass is 9.90. The van der Waals surface area contributed by atoms with Crippen LogP contribution in [0.3, 0.4) is 0 Å². The normalized spacial score (nSPS) is 27.0. The van der Waals surface area contributed by atoms with Gasteiger partial charge in [-0.25, -0.2) is 0 Å². The molecule has 3 heterocycles. The fourth-order valence-electron chi connectivity index (χ4n) is 4.34. The minimum atomic E-state index is 0.776. The third-order valence-corrected chi connectivity index (χ3v) is 5.47. The molecule has 2 saturated heterocycles. The van der Waals surface area contributed by atoms with Gasteiger partial charge in [-0.05, 0) is 49.3 Å². The molecule has 0 amide bonds. The average Bonchev–Trinajstić information content (AvgIpc) is 2.83. The van der Waals surface area contributed by atoms with Crippen LogP contribution in [-0.4, -0.2) is 28.5 Å². The van der Waals surface area contributed by atoms with Crippen molar-refractivity contribution in [1.29, 1.82) is 0 Å². The molecule has 2 aliphatic rings. The van der Waals surface area contributed by atoms with E-state index in [-0.39, 0.29) is 0 Å². The molecule has 0 spiro atoms. The first-order valence-corrected chi connectivity index (χ1v) is 8.82. The number of fused-ring (bicyclic) bond motifs is 2. The Hall–Kier alpha value is -1.87. The second-order valence-corrected chi connectivity index (χ2v) is 7.00. The summed E-state index contributed by atoms with van der Waals surface area (Å²) >= 11 is 0. The van der Waals surface area contributed by atoms with Crippen LogP contribution < -0.4 is 5.32 Å². The number of benzene rings is 1. The van der Waals surface area contributed by atoms with E-state index < -0.39 is 0 Å². The molecule has 0 aliphatic carbocycles. The van der Waals surface area contributed by atoms with Gasteiger partial charge < -0.3 is 5.32 Å². The molecule has 2 aliphatic heterocycles. The van der Waals surface area contributed by atoms with Gasteiger partial charge in [0.05, 0.1) is 0 Å². The Labute approximate surface area is 138 Å². The van der Waals surface area contributed by atoms with E-state index in [4.69, 9.17) is 0 Å². The molecule has 2 bridgehead atoms. The third kappa shape index (κ3) is 3.40. The predicted molar refractivity (Wildman–Crippen MR) is 94.2 cm³/mol. The Balaban J connectivity index is 1.34. The van der Waals surface area contributed by atoms with Crippen LogP contribution in [0.5, 0.6) is 0 Å². The van der Waals surface area contributed by atoms with Crippen LogP contribution in [0.1, 0.15) is 31.2 Å². The molecule has 1 N–H and O–H groups in total. The highest BCUT2D eigenvalue weighted by molar-refractivity contribution is 5.40. The van der Waals surface area contributed by atoms with Gasteiger partial charge in [-0.1, -0.05) is 30.3 Å². The highest BCUT2D eigenvalue weighted by atomic mass is 15.2. The minimum absolute atomic E-state index is 0.776. The minimum Gasteiger partial charge on any atom is -0.385 e. The number of hydrogen-bond acceptors (Lipinski definition) is 3. The van der Waals surface area contributed by atoms with Crippen molar-refractivity contribution >= 4 is 5.69 Å². The molecule has 3 heteroatoms. The fourth-order valence-corrected chi connectivity index (χ4v) is 4.34. The zero-order valence-corrected chi connectivity index (χ0v) is 13.6. The van der Waals surface area contributed by atoms with Crippen molar-refractivity contribution in [3.05, 3.63) is 60.4 Å². The lowest BCUT2D eigenvalue weighted by Gasteiger charge is -2.39. The topological polar surface area (TPSA) is 28.2 Å². The molecule has 2 aromatic rings. The number of piperidine rings is 1. The maximum atomic E-state index is 4.08. The summed E-state index contributed by atoms with van der Waals surface area (Å²) < 4.78 is 0. The van der Waals surface area contributed by atoms with E-state index in [0.29, 0.717) is 0 Å². The van der Waals surface area contributed by atoms with Gasteiger partial charge in [0.15, 0.2) is 0 Å². The van der Waals surface area contributed by atoms with E-state index in [1.807, 2.05) is 12.4 Å². The Morgan fingerprint density at radius 2 is 1.65 bits per heavy atom. The Morgan fingerprint density at radius 3 is 2.35 bits per heavy atom. The van der Waals surface area contributed by atoms with Gasteiger partial charge in [-0.15, -0.1) is 0 Å². The number of hydrogen-bond donors (Lipinski definition) is 1. The van der Waals surface area contributed by atoms with Gasteiger partial charge >= 0.3 is 0 Å². The molecule has 3 atom stereocenters. The maximum absolute atomic E-state index is 4.08. The number of rotatable bonds is 5. The standard InChI is InChI=1S/C20H25N3/c1-2-4-16(5-3-1)15-23-19-6-7-20(23)13-17(12-19)14-22-18-8-10-21-11-9-18/h1-5,8-11,17,19-20H,6-7,12-15H2,(H,21,22)/t17?,19-,20+. The number of anilines is 1. The van der Waals surface area contributed by atoms with E-state index in [9.17, 15) is 0 Å². The highest BCUT2D eigenvalue weighted by Crippen LogP contribution is 2.39. The van der Waals surface area contributed by atoms with E-state index in [2.05, 4.69) is 57.7 Å². The first-order valence-electron chi connectivity index (χ1n) is 8.82. The molecule has 0 saturated carbocycles. The molecule has 2 fully saturated rings.